The van der Waals surface area contributed by atoms with Crippen LogP contribution in [0.1, 0.15) is 0 Å². The lowest BCUT2D eigenvalue weighted by molar-refractivity contribution is 0.495. The summed E-state index contributed by atoms with van der Waals surface area (Å²) < 4.78 is 9.56. The van der Waals surface area contributed by atoms with E-state index in [0.29, 0.717) is 0 Å². The van der Waals surface area contributed by atoms with E-state index in [0.717, 1.165) is 0 Å². The summed E-state index contributed by atoms with van der Waals surface area (Å²) in [4.78, 5) is 0. The molecule has 0 saturated heterocycles. The normalized spacial score (nSPS) is 13.2. The predicted octanol–water partition coefficient (Wildman–Crippen LogP) is -0.252. The van der Waals surface area contributed by atoms with Crippen molar-refractivity contribution in [2.45, 2.75) is 5.67 Å². The fraction of sp³-hybridized carbons (Fsp3) is 1.00. The van der Waals surface area contributed by atoms with Crippen molar-refractivity contribution in [3.8, 4) is 0 Å². The van der Waals surface area contributed by atoms with Gasteiger partial charge >= 0.3 is 0 Å². The average molecular weight is 247 g/mol. The van der Waals surface area contributed by atoms with Crippen LogP contribution in [0.2, 0.25) is 5.67 Å². The molecule has 0 N–H and O–H groups in total. The highest BCUT2D eigenvalue weighted by atomic mass is 28.4. The van der Waals surface area contributed by atoms with E-state index in [-0.39, 0.29) is 0 Å². The molecule has 2 radical (unpaired) electrons. The maximum absolute atomic E-state index is 2.39. The number of hydrogen-bond donors (Lipinski definition) is 0. The van der Waals surface area contributed by atoms with Crippen LogP contribution in [0.4, 0.5) is 0 Å². The van der Waals surface area contributed by atoms with Gasteiger partial charge in [-0.25, -0.2) is 0 Å². The molecular weight excluding hydrogens is 220 g/mol. The van der Waals surface area contributed by atoms with Crippen molar-refractivity contribution >= 4 is 18.2 Å². The van der Waals surface area contributed by atoms with Gasteiger partial charge in [0, 0.05) is 0 Å². The second-order valence-corrected chi connectivity index (χ2v) is 11.2. The van der Waals surface area contributed by atoms with Crippen molar-refractivity contribution in [1.82, 2.24) is 18.3 Å². The highest BCUT2D eigenvalue weighted by molar-refractivity contribution is 6.71. The molecule has 0 rings (SSSR count). The van der Waals surface area contributed by atoms with Gasteiger partial charge in [-0.1, -0.05) is 0 Å². The first-order chi connectivity index (χ1) is 6.77. The Labute approximate surface area is 99.0 Å². The van der Waals surface area contributed by atoms with Crippen molar-refractivity contribution in [3.05, 3.63) is 0 Å². The summed E-state index contributed by atoms with van der Waals surface area (Å²) >= 11 is 0. The van der Waals surface area contributed by atoms with Crippen molar-refractivity contribution in [1.29, 1.82) is 0 Å². The molecule has 0 aromatic rings. The molecule has 0 aromatic carbocycles. The zero-order valence-electron chi connectivity index (χ0n) is 11.5. The highest BCUT2D eigenvalue weighted by Gasteiger charge is 2.28. The molecule has 0 aliphatic rings. The highest BCUT2D eigenvalue weighted by Crippen LogP contribution is 2.06. The third-order valence-corrected chi connectivity index (χ3v) is 9.04. The summed E-state index contributed by atoms with van der Waals surface area (Å²) in [5.74, 6) is 0. The average Bonchev–Trinajstić information content (AvgIpc) is 2.01. The fourth-order valence-electron chi connectivity index (χ4n) is 1.57. The zero-order valence-corrected chi connectivity index (χ0v) is 13.5. The molecule has 0 aliphatic carbocycles. The first-order valence-electron chi connectivity index (χ1n) is 5.18. The van der Waals surface area contributed by atoms with Crippen LogP contribution < -0.4 is 0 Å². The van der Waals surface area contributed by atoms with Crippen molar-refractivity contribution in [2.24, 2.45) is 0 Å². The van der Waals surface area contributed by atoms with E-state index in [1.54, 1.807) is 0 Å². The molecule has 90 valence electrons. The summed E-state index contributed by atoms with van der Waals surface area (Å²) in [7, 11) is 16.5. The third-order valence-electron chi connectivity index (χ3n) is 2.38. The van der Waals surface area contributed by atoms with E-state index in [2.05, 4.69) is 74.6 Å². The third kappa shape index (κ3) is 5.23. The minimum Gasteiger partial charge on any atom is -0.317 e. The number of rotatable bonds is 6. The van der Waals surface area contributed by atoms with Crippen LogP contribution in [0.3, 0.4) is 0 Å². The number of nitrogens with zero attached hydrogens (tertiary/aromatic N) is 4. The van der Waals surface area contributed by atoms with Gasteiger partial charge in [0.15, 0.2) is 0 Å². The smallest absolute Gasteiger partial charge is 0.228 e. The molecule has 15 heavy (non-hydrogen) atoms. The van der Waals surface area contributed by atoms with Gasteiger partial charge in [0.05, 0.1) is 0 Å². The predicted molar refractivity (Wildman–Crippen MR) is 71.1 cm³/mol. The lowest BCUT2D eigenvalue weighted by Crippen LogP contribution is -2.55. The van der Waals surface area contributed by atoms with Gasteiger partial charge in [-0.15, -0.1) is 0 Å². The first-order valence-corrected chi connectivity index (χ1v) is 8.38. The van der Waals surface area contributed by atoms with Crippen LogP contribution in [0.25, 0.3) is 0 Å². The molecule has 0 aliphatic heterocycles. The maximum atomic E-state index is 2.39. The Hall–Kier alpha value is 0.274. The molecule has 0 saturated carbocycles. The molecule has 0 amide bonds. The Morgan fingerprint density at radius 1 is 0.533 bits per heavy atom. The molecule has 4 nitrogen and oxygen atoms in total. The van der Waals surface area contributed by atoms with Gasteiger partial charge in [0.1, 0.15) is 0 Å². The monoisotopic (exact) mass is 246 g/mol. The van der Waals surface area contributed by atoms with Crippen LogP contribution >= 0.6 is 0 Å². The molecule has 0 bridgehead atoms. The standard InChI is InChI=1S/C9H26N4Si2/c1-10(2)14(11(3)4)9-15(12(5)6)13(7)8/h9H2,1-8H3. The molecule has 0 spiro atoms. The van der Waals surface area contributed by atoms with Crippen LogP contribution in [-0.2, 0) is 0 Å². The SMILES string of the molecule is CN(C)[Si](C[Si](N(C)C)N(C)C)N(C)C. The summed E-state index contributed by atoms with van der Waals surface area (Å²) in [6.07, 6.45) is 0. The van der Waals surface area contributed by atoms with Crippen LogP contribution in [0.5, 0.6) is 0 Å². The van der Waals surface area contributed by atoms with Gasteiger partial charge in [0.2, 0.25) is 18.2 Å². The van der Waals surface area contributed by atoms with E-state index in [1.165, 1.54) is 5.67 Å². The van der Waals surface area contributed by atoms with Crippen molar-refractivity contribution in [2.75, 3.05) is 56.4 Å². The zero-order chi connectivity index (χ0) is 12.2. The van der Waals surface area contributed by atoms with Gasteiger partial charge < -0.3 is 18.3 Å². The van der Waals surface area contributed by atoms with E-state index in [4.69, 9.17) is 0 Å². The molecule has 0 unspecified atom stereocenters. The van der Waals surface area contributed by atoms with E-state index < -0.39 is 18.2 Å². The Morgan fingerprint density at radius 2 is 0.733 bits per heavy atom. The molecular formula is C9H26N4Si2. The van der Waals surface area contributed by atoms with E-state index in [9.17, 15) is 0 Å². The summed E-state index contributed by atoms with van der Waals surface area (Å²) in [6, 6.07) is 0. The van der Waals surface area contributed by atoms with Gasteiger partial charge in [-0.05, 0) is 62.0 Å². The van der Waals surface area contributed by atoms with Gasteiger partial charge in [0.25, 0.3) is 0 Å². The summed E-state index contributed by atoms with van der Waals surface area (Å²) in [6.45, 7) is 0. The fourth-order valence-corrected chi connectivity index (χ4v) is 9.36. The second-order valence-electron chi connectivity index (χ2n) is 4.59. The van der Waals surface area contributed by atoms with Crippen molar-refractivity contribution < 1.29 is 0 Å². The Morgan fingerprint density at radius 3 is 0.867 bits per heavy atom. The van der Waals surface area contributed by atoms with Gasteiger partial charge in [-0.3, -0.25) is 0 Å². The van der Waals surface area contributed by atoms with Crippen LogP contribution in [-0.4, -0.2) is 92.9 Å². The Bertz CT molecular complexity index is 139. The van der Waals surface area contributed by atoms with E-state index >= 15 is 0 Å². The molecule has 0 fully saturated rings. The van der Waals surface area contributed by atoms with E-state index in [1.807, 2.05) is 0 Å². The van der Waals surface area contributed by atoms with Crippen LogP contribution in [0, 0.1) is 0 Å². The Kier molecular flexibility index (Phi) is 6.89. The quantitative estimate of drug-likeness (QED) is 0.599. The molecule has 0 heterocycles. The summed E-state index contributed by atoms with van der Waals surface area (Å²) in [5.41, 5.74) is 1.31. The largest absolute Gasteiger partial charge is 0.317 e. The minimum absolute atomic E-state index is 0.538. The number of hydrogen-bond acceptors (Lipinski definition) is 4. The maximum Gasteiger partial charge on any atom is 0.228 e. The molecule has 0 aromatic heterocycles. The molecule has 0 atom stereocenters. The topological polar surface area (TPSA) is 13.0 Å². The lowest BCUT2D eigenvalue weighted by atomic mass is 11.2. The minimum atomic E-state index is -0.538. The molecule has 6 heteroatoms. The first kappa shape index (κ1) is 15.3. The Balaban J connectivity index is 4.48. The lowest BCUT2D eigenvalue weighted by Gasteiger charge is -2.34. The summed E-state index contributed by atoms with van der Waals surface area (Å²) in [5, 5.41) is 0. The van der Waals surface area contributed by atoms with Crippen molar-refractivity contribution in [3.63, 3.8) is 0 Å². The van der Waals surface area contributed by atoms with Crippen LogP contribution in [0.15, 0.2) is 0 Å². The second kappa shape index (κ2) is 6.77. The van der Waals surface area contributed by atoms with Gasteiger partial charge in [-0.2, -0.15) is 0 Å².